The van der Waals surface area contributed by atoms with Gasteiger partial charge in [0.2, 0.25) is 0 Å². The van der Waals surface area contributed by atoms with Gasteiger partial charge in [0.1, 0.15) is 0 Å². The van der Waals surface area contributed by atoms with Crippen LogP contribution in [0.4, 0.5) is 5.69 Å². The number of amides is 1. The molecule has 156 valence electrons. The van der Waals surface area contributed by atoms with Gasteiger partial charge in [0.25, 0.3) is 5.91 Å². The van der Waals surface area contributed by atoms with Crippen molar-refractivity contribution in [3.8, 4) is 0 Å². The maximum atomic E-state index is 12.6. The summed E-state index contributed by atoms with van der Waals surface area (Å²) in [5.41, 5.74) is 3.57. The number of halogens is 1. The van der Waals surface area contributed by atoms with E-state index in [0.717, 1.165) is 24.2 Å². The normalized spacial score (nSPS) is 14.6. The molecule has 1 aliphatic heterocycles. The van der Waals surface area contributed by atoms with Gasteiger partial charge < -0.3 is 10.2 Å². The van der Waals surface area contributed by atoms with Crippen LogP contribution < -0.4 is 5.32 Å². The highest BCUT2D eigenvalue weighted by atomic mass is 35.5. The van der Waals surface area contributed by atoms with Crippen molar-refractivity contribution in [2.75, 3.05) is 36.5 Å². The number of nitrogens with zero attached hydrogens (tertiary/aromatic N) is 3. The van der Waals surface area contributed by atoms with Crippen LogP contribution in [0.5, 0.6) is 0 Å². The lowest BCUT2D eigenvalue weighted by atomic mass is 10.1. The van der Waals surface area contributed by atoms with E-state index in [4.69, 9.17) is 11.6 Å². The molecule has 7 heteroatoms. The molecule has 5 nitrogen and oxygen atoms in total. The van der Waals surface area contributed by atoms with Crippen LogP contribution in [0.2, 0.25) is 5.02 Å². The van der Waals surface area contributed by atoms with Crippen LogP contribution in [-0.2, 0) is 13.0 Å². The molecule has 1 amide bonds. The van der Waals surface area contributed by atoms with Crippen molar-refractivity contribution < 1.29 is 4.79 Å². The molecule has 30 heavy (non-hydrogen) atoms. The van der Waals surface area contributed by atoms with Crippen molar-refractivity contribution in [1.82, 2.24) is 14.7 Å². The second-order valence-corrected chi connectivity index (χ2v) is 9.01. The highest BCUT2D eigenvalue weighted by molar-refractivity contribution is 7.99. The molecule has 0 spiro atoms. The van der Waals surface area contributed by atoms with E-state index >= 15 is 0 Å². The third-order valence-electron chi connectivity index (χ3n) is 5.22. The number of aromatic nitrogens is 2. The highest BCUT2D eigenvalue weighted by Gasteiger charge is 2.12. The number of benzene rings is 2. The molecule has 3 aromatic rings. The monoisotopic (exact) mass is 440 g/mol. The minimum absolute atomic E-state index is 0.168. The average molecular weight is 441 g/mol. The SMILES string of the molecule is O=C(Nc1ccc(CCN2CCSCC2)cc1)c1cnn(Cc2ccccc2Cl)c1. The first-order valence-corrected chi connectivity index (χ1v) is 11.7. The van der Waals surface area contributed by atoms with Crippen molar-refractivity contribution in [2.45, 2.75) is 13.0 Å². The van der Waals surface area contributed by atoms with Gasteiger partial charge in [-0.25, -0.2) is 0 Å². The smallest absolute Gasteiger partial charge is 0.258 e. The maximum Gasteiger partial charge on any atom is 0.258 e. The first-order valence-electron chi connectivity index (χ1n) is 10.1. The van der Waals surface area contributed by atoms with Gasteiger partial charge >= 0.3 is 0 Å². The second-order valence-electron chi connectivity index (χ2n) is 7.37. The van der Waals surface area contributed by atoms with Gasteiger partial charge in [-0.15, -0.1) is 0 Å². The second kappa shape index (κ2) is 10.2. The molecule has 0 unspecified atom stereocenters. The number of rotatable bonds is 7. The van der Waals surface area contributed by atoms with E-state index in [-0.39, 0.29) is 5.91 Å². The standard InChI is InChI=1S/C23H25ClN4OS/c24-22-4-2-1-3-19(22)16-28-17-20(15-25-28)23(29)26-21-7-5-18(6-8-21)9-10-27-11-13-30-14-12-27/h1-8,15,17H,9-14,16H2,(H,26,29). The molecule has 1 saturated heterocycles. The summed E-state index contributed by atoms with van der Waals surface area (Å²) >= 11 is 8.24. The first kappa shape index (κ1) is 21.0. The number of thioether (sulfide) groups is 1. The summed E-state index contributed by atoms with van der Waals surface area (Å²) in [6, 6.07) is 15.8. The number of carbonyl (C=O) groups is 1. The van der Waals surface area contributed by atoms with Crippen molar-refractivity contribution in [3.05, 3.63) is 82.6 Å². The largest absolute Gasteiger partial charge is 0.322 e. The van der Waals surface area contributed by atoms with Gasteiger partial charge in [-0.3, -0.25) is 9.48 Å². The molecule has 2 aromatic carbocycles. The van der Waals surface area contributed by atoms with Crippen LogP contribution >= 0.6 is 23.4 Å². The minimum Gasteiger partial charge on any atom is -0.322 e. The Labute approximate surface area is 186 Å². The van der Waals surface area contributed by atoms with Gasteiger partial charge in [-0.2, -0.15) is 16.9 Å². The maximum absolute atomic E-state index is 12.6. The Bertz CT molecular complexity index is 983. The summed E-state index contributed by atoms with van der Waals surface area (Å²) in [6.07, 6.45) is 4.36. The summed E-state index contributed by atoms with van der Waals surface area (Å²) in [6.45, 7) is 3.99. The Kier molecular flexibility index (Phi) is 7.10. The zero-order chi connectivity index (χ0) is 20.8. The van der Waals surface area contributed by atoms with Gasteiger partial charge in [-0.1, -0.05) is 41.9 Å². The fourth-order valence-electron chi connectivity index (χ4n) is 3.44. The Balaban J connectivity index is 1.30. The third kappa shape index (κ3) is 5.65. The Morgan fingerprint density at radius 3 is 2.63 bits per heavy atom. The van der Waals surface area contributed by atoms with Crippen LogP contribution in [0.15, 0.2) is 60.9 Å². The molecule has 0 atom stereocenters. The van der Waals surface area contributed by atoms with Crippen molar-refractivity contribution in [2.24, 2.45) is 0 Å². The molecule has 0 bridgehead atoms. The van der Waals surface area contributed by atoms with Crippen LogP contribution in [0, 0.1) is 0 Å². The van der Waals surface area contributed by atoms with Crippen molar-refractivity contribution in [1.29, 1.82) is 0 Å². The third-order valence-corrected chi connectivity index (χ3v) is 6.53. The average Bonchev–Trinajstić information content (AvgIpc) is 3.24. The molecule has 0 radical (unpaired) electrons. The fraction of sp³-hybridized carbons (Fsp3) is 0.304. The van der Waals surface area contributed by atoms with E-state index < -0.39 is 0 Å². The van der Waals surface area contributed by atoms with E-state index in [2.05, 4.69) is 27.4 Å². The molecule has 1 N–H and O–H groups in total. The topological polar surface area (TPSA) is 50.2 Å². The molecule has 1 aromatic heterocycles. The molecular weight excluding hydrogens is 416 g/mol. The van der Waals surface area contributed by atoms with Crippen LogP contribution in [-0.4, -0.2) is 51.7 Å². The van der Waals surface area contributed by atoms with E-state index in [1.807, 2.05) is 48.2 Å². The Hall–Kier alpha value is -2.28. The lowest BCUT2D eigenvalue weighted by Gasteiger charge is -2.26. The summed E-state index contributed by atoms with van der Waals surface area (Å²) in [5.74, 6) is 2.30. The van der Waals surface area contributed by atoms with Gasteiger partial charge in [0.15, 0.2) is 0 Å². The highest BCUT2D eigenvalue weighted by Crippen LogP contribution is 2.17. The number of hydrogen-bond donors (Lipinski definition) is 1. The van der Waals surface area contributed by atoms with Gasteiger partial charge in [0, 0.05) is 48.0 Å². The minimum atomic E-state index is -0.168. The van der Waals surface area contributed by atoms with Crippen LogP contribution in [0.1, 0.15) is 21.5 Å². The van der Waals surface area contributed by atoms with Gasteiger partial charge in [-0.05, 0) is 35.7 Å². The molecular formula is C23H25ClN4OS. The van der Waals surface area contributed by atoms with Crippen LogP contribution in [0.3, 0.4) is 0 Å². The fourth-order valence-corrected chi connectivity index (χ4v) is 4.61. The Morgan fingerprint density at radius 2 is 1.87 bits per heavy atom. The quantitative estimate of drug-likeness (QED) is 0.590. The molecule has 1 aliphatic rings. The molecule has 4 rings (SSSR count). The van der Waals surface area contributed by atoms with E-state index in [9.17, 15) is 4.79 Å². The summed E-state index contributed by atoms with van der Waals surface area (Å²) in [7, 11) is 0. The van der Waals surface area contributed by atoms with Gasteiger partial charge in [0.05, 0.1) is 18.3 Å². The zero-order valence-corrected chi connectivity index (χ0v) is 18.3. The zero-order valence-electron chi connectivity index (χ0n) is 16.8. The molecule has 1 fully saturated rings. The van der Waals surface area contributed by atoms with E-state index in [0.29, 0.717) is 17.1 Å². The molecule has 0 saturated carbocycles. The molecule has 0 aliphatic carbocycles. The molecule has 2 heterocycles. The van der Waals surface area contributed by atoms with E-state index in [1.54, 1.807) is 17.1 Å². The number of carbonyl (C=O) groups excluding carboxylic acids is 1. The lowest BCUT2D eigenvalue weighted by molar-refractivity contribution is 0.102. The summed E-state index contributed by atoms with van der Waals surface area (Å²) in [4.78, 5) is 15.1. The van der Waals surface area contributed by atoms with Crippen molar-refractivity contribution in [3.63, 3.8) is 0 Å². The summed E-state index contributed by atoms with van der Waals surface area (Å²) in [5, 5.41) is 7.93. The first-order chi connectivity index (χ1) is 14.7. The summed E-state index contributed by atoms with van der Waals surface area (Å²) < 4.78 is 1.72. The van der Waals surface area contributed by atoms with Crippen LogP contribution in [0.25, 0.3) is 0 Å². The number of nitrogens with one attached hydrogen (secondary N) is 1. The number of anilines is 1. The Morgan fingerprint density at radius 1 is 1.10 bits per heavy atom. The lowest BCUT2D eigenvalue weighted by Crippen LogP contribution is -2.34. The van der Waals surface area contributed by atoms with Crippen molar-refractivity contribution >= 4 is 35.0 Å². The number of hydrogen-bond acceptors (Lipinski definition) is 4. The predicted molar refractivity (Wildman–Crippen MR) is 125 cm³/mol. The predicted octanol–water partition coefficient (Wildman–Crippen LogP) is 4.43. The van der Waals surface area contributed by atoms with E-state index in [1.165, 1.54) is 30.2 Å².